The monoisotopic (exact) mass is 327 g/mol. The van der Waals surface area contributed by atoms with E-state index in [0.29, 0.717) is 15.6 Å². The normalized spacial score (nSPS) is 11.3. The van der Waals surface area contributed by atoms with Crippen molar-refractivity contribution in [3.63, 3.8) is 0 Å². The average Bonchev–Trinajstić information content (AvgIpc) is 2.48. The lowest BCUT2D eigenvalue weighted by Gasteiger charge is -2.20. The van der Waals surface area contributed by atoms with Crippen LogP contribution in [-0.4, -0.2) is 22.6 Å². The number of aryl methyl sites for hydroxylation is 1. The molecule has 0 radical (unpaired) electrons. The number of sulfonamides is 1. The van der Waals surface area contributed by atoms with E-state index in [1.165, 1.54) is 32.4 Å². The molecule has 0 bridgehead atoms. The second-order valence-electron chi connectivity index (χ2n) is 4.70. The van der Waals surface area contributed by atoms with Crippen molar-refractivity contribution in [2.75, 3.05) is 18.5 Å². The molecule has 0 aliphatic carbocycles. The van der Waals surface area contributed by atoms with Gasteiger partial charge in [0.05, 0.1) is 17.7 Å². The van der Waals surface area contributed by atoms with Crippen molar-refractivity contribution >= 4 is 15.7 Å². The number of hydrogen-bond acceptors (Lipinski definition) is 3. The number of methoxy groups -OCH3 is 1. The molecule has 0 saturated heterocycles. The molecular weight excluding hydrogens is 312 g/mol. The fourth-order valence-corrected chi connectivity index (χ4v) is 3.31. The van der Waals surface area contributed by atoms with Gasteiger partial charge in [0.25, 0.3) is 10.0 Å². The van der Waals surface area contributed by atoms with E-state index in [4.69, 9.17) is 4.74 Å². The van der Waals surface area contributed by atoms with Crippen LogP contribution in [0.3, 0.4) is 0 Å². The molecule has 0 aliphatic rings. The van der Waals surface area contributed by atoms with Gasteiger partial charge in [0.2, 0.25) is 0 Å². The molecule has 0 aliphatic heterocycles. The van der Waals surface area contributed by atoms with Gasteiger partial charge in [0, 0.05) is 13.1 Å². The molecule has 2 aromatic rings. The molecule has 0 N–H and O–H groups in total. The molecule has 0 unspecified atom stereocenters. The molecule has 0 saturated carbocycles. The largest absolute Gasteiger partial charge is 0.496 e. The van der Waals surface area contributed by atoms with Crippen LogP contribution < -0.4 is 9.04 Å². The Balaban J connectivity index is 2.49. The Hall–Kier alpha value is -2.15. The molecule has 0 aromatic heterocycles. The first-order chi connectivity index (χ1) is 10.3. The predicted octanol–water partition coefficient (Wildman–Crippen LogP) is 3.11. The quantitative estimate of drug-likeness (QED) is 0.867. The fourth-order valence-electron chi connectivity index (χ4n) is 2.03. The summed E-state index contributed by atoms with van der Waals surface area (Å²) < 4.78 is 57.9. The third-order valence-corrected chi connectivity index (χ3v) is 5.04. The number of halogens is 2. The van der Waals surface area contributed by atoms with Gasteiger partial charge in [-0.1, -0.05) is 0 Å². The minimum absolute atomic E-state index is 0.0306. The highest BCUT2D eigenvalue weighted by Gasteiger charge is 2.24. The molecule has 0 heterocycles. The van der Waals surface area contributed by atoms with Gasteiger partial charge in [-0.25, -0.2) is 17.2 Å². The van der Waals surface area contributed by atoms with E-state index in [2.05, 4.69) is 0 Å². The highest BCUT2D eigenvalue weighted by Crippen LogP contribution is 2.28. The standard InChI is InChI=1S/C15H15F2NO3S/c1-10-8-12(5-7-15(10)21-3)22(19,20)18(2)14-9-11(16)4-6-13(14)17/h4-9H,1-3H3. The first-order valence-electron chi connectivity index (χ1n) is 6.36. The lowest BCUT2D eigenvalue weighted by molar-refractivity contribution is 0.411. The van der Waals surface area contributed by atoms with Crippen LogP contribution in [0.15, 0.2) is 41.3 Å². The van der Waals surface area contributed by atoms with Gasteiger partial charge >= 0.3 is 0 Å². The second kappa shape index (κ2) is 5.92. The Bertz CT molecular complexity index is 806. The first kappa shape index (κ1) is 16.2. The van der Waals surface area contributed by atoms with Crippen molar-refractivity contribution in [2.45, 2.75) is 11.8 Å². The number of anilines is 1. The molecule has 4 nitrogen and oxygen atoms in total. The van der Waals surface area contributed by atoms with Gasteiger partial charge in [-0.3, -0.25) is 4.31 Å². The number of nitrogens with zero attached hydrogens (tertiary/aromatic N) is 1. The van der Waals surface area contributed by atoms with E-state index < -0.39 is 21.7 Å². The third kappa shape index (κ3) is 2.89. The molecule has 2 rings (SSSR count). The third-order valence-electron chi connectivity index (χ3n) is 3.27. The molecule has 0 atom stereocenters. The van der Waals surface area contributed by atoms with Crippen molar-refractivity contribution < 1.29 is 21.9 Å². The van der Waals surface area contributed by atoms with Gasteiger partial charge in [-0.15, -0.1) is 0 Å². The highest BCUT2D eigenvalue weighted by molar-refractivity contribution is 7.92. The average molecular weight is 327 g/mol. The van der Waals surface area contributed by atoms with Crippen LogP contribution in [0.4, 0.5) is 14.5 Å². The lowest BCUT2D eigenvalue weighted by Crippen LogP contribution is -2.27. The van der Waals surface area contributed by atoms with Gasteiger partial charge < -0.3 is 4.74 Å². The topological polar surface area (TPSA) is 46.6 Å². The molecular formula is C15H15F2NO3S. The van der Waals surface area contributed by atoms with E-state index in [1.807, 2.05) is 0 Å². The van der Waals surface area contributed by atoms with Crippen molar-refractivity contribution in [3.05, 3.63) is 53.6 Å². The maximum Gasteiger partial charge on any atom is 0.264 e. The number of benzene rings is 2. The lowest BCUT2D eigenvalue weighted by atomic mass is 10.2. The maximum absolute atomic E-state index is 13.8. The van der Waals surface area contributed by atoms with E-state index in [1.54, 1.807) is 6.92 Å². The zero-order chi connectivity index (χ0) is 16.5. The molecule has 0 fully saturated rings. The Morgan fingerprint density at radius 3 is 2.36 bits per heavy atom. The van der Waals surface area contributed by atoms with Crippen molar-refractivity contribution in [1.82, 2.24) is 0 Å². The van der Waals surface area contributed by atoms with Gasteiger partial charge in [-0.05, 0) is 42.8 Å². The predicted molar refractivity (Wildman–Crippen MR) is 79.7 cm³/mol. The molecule has 0 amide bonds. The molecule has 7 heteroatoms. The van der Waals surface area contributed by atoms with Crippen molar-refractivity contribution in [1.29, 1.82) is 0 Å². The summed E-state index contributed by atoms with van der Waals surface area (Å²) in [6, 6.07) is 6.94. The Morgan fingerprint density at radius 2 is 1.77 bits per heavy atom. The zero-order valence-corrected chi connectivity index (χ0v) is 13.1. The van der Waals surface area contributed by atoms with E-state index in [9.17, 15) is 17.2 Å². The summed E-state index contributed by atoms with van der Waals surface area (Å²) >= 11 is 0. The van der Waals surface area contributed by atoms with Crippen LogP contribution in [-0.2, 0) is 10.0 Å². The van der Waals surface area contributed by atoms with E-state index >= 15 is 0 Å². The van der Waals surface area contributed by atoms with Crippen LogP contribution >= 0.6 is 0 Å². The van der Waals surface area contributed by atoms with E-state index in [0.717, 1.165) is 18.2 Å². The summed E-state index contributed by atoms with van der Waals surface area (Å²) in [5.74, 6) is -0.999. The van der Waals surface area contributed by atoms with Crippen LogP contribution in [0.5, 0.6) is 5.75 Å². The SMILES string of the molecule is COc1ccc(S(=O)(=O)N(C)c2cc(F)ccc2F)cc1C. The van der Waals surface area contributed by atoms with E-state index in [-0.39, 0.29) is 10.6 Å². The van der Waals surface area contributed by atoms with Gasteiger partial charge in [-0.2, -0.15) is 0 Å². The van der Waals surface area contributed by atoms with Crippen LogP contribution in [0.1, 0.15) is 5.56 Å². The number of ether oxygens (including phenoxy) is 1. The number of hydrogen-bond donors (Lipinski definition) is 0. The Kier molecular flexibility index (Phi) is 4.37. The number of rotatable bonds is 4. The zero-order valence-electron chi connectivity index (χ0n) is 12.3. The van der Waals surface area contributed by atoms with Crippen LogP contribution in [0.2, 0.25) is 0 Å². The molecule has 0 spiro atoms. The minimum Gasteiger partial charge on any atom is -0.496 e. The van der Waals surface area contributed by atoms with Crippen LogP contribution in [0, 0.1) is 18.6 Å². The van der Waals surface area contributed by atoms with Crippen molar-refractivity contribution in [3.8, 4) is 5.75 Å². The molecule has 2 aromatic carbocycles. The minimum atomic E-state index is -4.01. The molecule has 22 heavy (non-hydrogen) atoms. The maximum atomic E-state index is 13.8. The summed E-state index contributed by atoms with van der Waals surface area (Å²) in [5, 5.41) is 0. The second-order valence-corrected chi connectivity index (χ2v) is 6.67. The van der Waals surface area contributed by atoms with Gasteiger partial charge in [0.1, 0.15) is 17.4 Å². The highest BCUT2D eigenvalue weighted by atomic mass is 32.2. The Labute approximate surface area is 128 Å². The summed E-state index contributed by atoms with van der Waals surface area (Å²) in [5.41, 5.74) is 0.269. The molecule has 118 valence electrons. The van der Waals surface area contributed by atoms with Gasteiger partial charge in [0.15, 0.2) is 0 Å². The summed E-state index contributed by atoms with van der Waals surface area (Å²) in [7, 11) is -1.36. The summed E-state index contributed by atoms with van der Waals surface area (Å²) in [4.78, 5) is -0.0306. The fraction of sp³-hybridized carbons (Fsp3) is 0.200. The summed E-state index contributed by atoms with van der Waals surface area (Å²) in [6.45, 7) is 1.70. The van der Waals surface area contributed by atoms with Crippen LogP contribution in [0.25, 0.3) is 0 Å². The van der Waals surface area contributed by atoms with Crippen molar-refractivity contribution in [2.24, 2.45) is 0 Å². The summed E-state index contributed by atoms with van der Waals surface area (Å²) in [6.07, 6.45) is 0. The first-order valence-corrected chi connectivity index (χ1v) is 7.80. The smallest absolute Gasteiger partial charge is 0.264 e. The Morgan fingerprint density at radius 1 is 1.09 bits per heavy atom.